The zero-order valence-electron chi connectivity index (χ0n) is 15.1. The van der Waals surface area contributed by atoms with Gasteiger partial charge in [-0.3, -0.25) is 9.59 Å². The van der Waals surface area contributed by atoms with Gasteiger partial charge in [-0.1, -0.05) is 36.4 Å². The summed E-state index contributed by atoms with van der Waals surface area (Å²) >= 11 is 1.40. The number of aromatic nitrogens is 2. The van der Waals surface area contributed by atoms with Crippen LogP contribution in [-0.2, 0) is 11.8 Å². The molecule has 3 rings (SSSR count). The van der Waals surface area contributed by atoms with Crippen LogP contribution >= 0.6 is 11.3 Å². The Morgan fingerprint density at radius 3 is 2.67 bits per heavy atom. The van der Waals surface area contributed by atoms with Crippen molar-refractivity contribution in [1.29, 1.82) is 0 Å². The Kier molecular flexibility index (Phi) is 6.38. The number of nitrogens with zero attached hydrogens (tertiary/aromatic N) is 2. The van der Waals surface area contributed by atoms with E-state index in [4.69, 9.17) is 0 Å². The molecule has 140 valence electrons. The molecule has 1 unspecified atom stereocenters. The molecule has 0 spiro atoms. The number of hydrogen-bond acceptors (Lipinski definition) is 4. The lowest BCUT2D eigenvalue weighted by molar-refractivity contribution is -0.121. The van der Waals surface area contributed by atoms with Gasteiger partial charge in [0.25, 0.3) is 5.91 Å². The summed E-state index contributed by atoms with van der Waals surface area (Å²) in [5.41, 5.74) is 0.978. The maximum absolute atomic E-state index is 12.4. The van der Waals surface area contributed by atoms with E-state index in [1.807, 2.05) is 59.6 Å². The molecule has 0 saturated carbocycles. The Morgan fingerprint density at radius 2 is 2.00 bits per heavy atom. The zero-order valence-corrected chi connectivity index (χ0v) is 15.9. The van der Waals surface area contributed by atoms with Crippen molar-refractivity contribution in [1.82, 2.24) is 20.2 Å². The molecule has 1 atom stereocenters. The maximum atomic E-state index is 12.4. The van der Waals surface area contributed by atoms with Gasteiger partial charge in [0.1, 0.15) is 11.9 Å². The highest BCUT2D eigenvalue weighted by Gasteiger charge is 2.20. The fraction of sp³-hybridized carbons (Fsp3) is 0.250. The molecular weight excluding hydrogens is 360 g/mol. The number of carbonyl (C=O) groups excluding carboxylic acids is 2. The lowest BCUT2D eigenvalue weighted by Gasteiger charge is -2.19. The lowest BCUT2D eigenvalue weighted by atomic mass is 10.1. The van der Waals surface area contributed by atoms with Gasteiger partial charge in [-0.05, 0) is 23.4 Å². The molecule has 2 N–H and O–H groups in total. The molecule has 2 heterocycles. The van der Waals surface area contributed by atoms with Gasteiger partial charge in [-0.15, -0.1) is 11.3 Å². The second-order valence-corrected chi connectivity index (χ2v) is 7.09. The van der Waals surface area contributed by atoms with Gasteiger partial charge in [0.2, 0.25) is 5.91 Å². The Morgan fingerprint density at radius 1 is 1.19 bits per heavy atom. The average Bonchev–Trinajstić information content (AvgIpc) is 3.36. The van der Waals surface area contributed by atoms with Gasteiger partial charge in [0, 0.05) is 32.4 Å². The standard InChI is InChI=1S/C20H22N4O2S/c1-24-13-12-21-19(24)18(15-7-3-2-4-8-15)23-17(25)10-5-11-22-20(26)16-9-6-14-27-16/h2-4,6-9,12-14,18H,5,10-11H2,1H3,(H,22,26)(H,23,25). The van der Waals surface area contributed by atoms with Gasteiger partial charge in [-0.25, -0.2) is 4.98 Å². The third-order valence-corrected chi connectivity index (χ3v) is 5.03. The van der Waals surface area contributed by atoms with Crippen LogP contribution in [0.1, 0.15) is 39.9 Å². The lowest BCUT2D eigenvalue weighted by Crippen LogP contribution is -2.32. The van der Waals surface area contributed by atoms with Crippen molar-refractivity contribution in [2.24, 2.45) is 7.05 Å². The van der Waals surface area contributed by atoms with E-state index in [2.05, 4.69) is 15.6 Å². The van der Waals surface area contributed by atoms with E-state index < -0.39 is 0 Å². The Bertz CT molecular complexity index is 875. The predicted octanol–water partition coefficient (Wildman–Crippen LogP) is 2.90. The van der Waals surface area contributed by atoms with E-state index in [-0.39, 0.29) is 17.9 Å². The summed E-state index contributed by atoms with van der Waals surface area (Å²) in [7, 11) is 1.91. The van der Waals surface area contributed by atoms with Gasteiger partial charge >= 0.3 is 0 Å². The van der Waals surface area contributed by atoms with Crippen LogP contribution in [0.15, 0.2) is 60.2 Å². The number of benzene rings is 1. The van der Waals surface area contributed by atoms with Crippen molar-refractivity contribution in [2.75, 3.05) is 6.54 Å². The first-order valence-electron chi connectivity index (χ1n) is 8.78. The highest BCUT2D eigenvalue weighted by atomic mass is 32.1. The quantitative estimate of drug-likeness (QED) is 0.588. The summed E-state index contributed by atoms with van der Waals surface area (Å²) in [5.74, 6) is 0.610. The second kappa shape index (κ2) is 9.14. The van der Waals surface area contributed by atoms with Crippen LogP contribution in [0, 0.1) is 0 Å². The molecule has 3 aromatic rings. The molecular formula is C20H22N4O2S. The van der Waals surface area contributed by atoms with Crippen LogP contribution in [-0.4, -0.2) is 27.9 Å². The number of amides is 2. The average molecular weight is 382 g/mol. The van der Waals surface area contributed by atoms with Gasteiger partial charge in [0.15, 0.2) is 0 Å². The Balaban J connectivity index is 1.54. The normalized spacial score (nSPS) is 11.7. The van der Waals surface area contributed by atoms with E-state index in [1.54, 1.807) is 12.3 Å². The van der Waals surface area contributed by atoms with Crippen LogP contribution in [0.3, 0.4) is 0 Å². The van der Waals surface area contributed by atoms with E-state index in [0.29, 0.717) is 24.3 Å². The zero-order chi connectivity index (χ0) is 19.1. The Labute approximate surface area is 162 Å². The highest BCUT2D eigenvalue weighted by molar-refractivity contribution is 7.12. The highest BCUT2D eigenvalue weighted by Crippen LogP contribution is 2.20. The van der Waals surface area contributed by atoms with Crippen molar-refractivity contribution in [3.63, 3.8) is 0 Å². The molecule has 0 saturated heterocycles. The first kappa shape index (κ1) is 18.8. The first-order chi connectivity index (χ1) is 13.1. The fourth-order valence-corrected chi connectivity index (χ4v) is 3.42. The topological polar surface area (TPSA) is 76.0 Å². The van der Waals surface area contributed by atoms with Crippen LogP contribution in [0.5, 0.6) is 0 Å². The van der Waals surface area contributed by atoms with E-state index >= 15 is 0 Å². The molecule has 0 aliphatic heterocycles. The van der Waals surface area contributed by atoms with Crippen LogP contribution in [0.25, 0.3) is 0 Å². The molecule has 2 aromatic heterocycles. The predicted molar refractivity (Wildman–Crippen MR) is 106 cm³/mol. The number of hydrogen-bond donors (Lipinski definition) is 2. The third kappa shape index (κ3) is 5.04. The summed E-state index contributed by atoms with van der Waals surface area (Å²) in [6, 6.07) is 13.1. The van der Waals surface area contributed by atoms with Crippen LogP contribution in [0.4, 0.5) is 0 Å². The number of nitrogens with one attached hydrogen (secondary N) is 2. The molecule has 0 fully saturated rings. The number of aryl methyl sites for hydroxylation is 1. The number of carbonyl (C=O) groups is 2. The monoisotopic (exact) mass is 382 g/mol. The van der Waals surface area contributed by atoms with Crippen molar-refractivity contribution >= 4 is 23.2 Å². The molecule has 0 aliphatic carbocycles. The molecule has 1 aromatic carbocycles. The largest absolute Gasteiger partial charge is 0.351 e. The van der Waals surface area contributed by atoms with Crippen molar-refractivity contribution in [2.45, 2.75) is 18.9 Å². The summed E-state index contributed by atoms with van der Waals surface area (Å²) < 4.78 is 1.90. The van der Waals surface area contributed by atoms with Gasteiger partial charge < -0.3 is 15.2 Å². The number of thiophene rings is 1. The third-order valence-electron chi connectivity index (χ3n) is 4.17. The molecule has 0 bridgehead atoms. The van der Waals surface area contributed by atoms with E-state index in [0.717, 1.165) is 11.4 Å². The van der Waals surface area contributed by atoms with Crippen molar-refractivity contribution < 1.29 is 9.59 Å². The van der Waals surface area contributed by atoms with Gasteiger partial charge in [0.05, 0.1) is 4.88 Å². The van der Waals surface area contributed by atoms with Crippen molar-refractivity contribution in [3.8, 4) is 0 Å². The van der Waals surface area contributed by atoms with Crippen LogP contribution < -0.4 is 10.6 Å². The fourth-order valence-electron chi connectivity index (χ4n) is 2.78. The molecule has 27 heavy (non-hydrogen) atoms. The summed E-state index contributed by atoms with van der Waals surface area (Å²) in [4.78, 5) is 29.4. The van der Waals surface area contributed by atoms with Crippen molar-refractivity contribution in [3.05, 3.63) is 76.5 Å². The summed E-state index contributed by atoms with van der Waals surface area (Å²) in [6.45, 7) is 0.461. The van der Waals surface area contributed by atoms with Crippen LogP contribution in [0.2, 0.25) is 0 Å². The minimum Gasteiger partial charge on any atom is -0.351 e. The molecule has 0 radical (unpaired) electrons. The molecule has 6 nitrogen and oxygen atoms in total. The first-order valence-corrected chi connectivity index (χ1v) is 9.66. The smallest absolute Gasteiger partial charge is 0.261 e. The molecule has 2 amide bonds. The number of imidazole rings is 1. The van der Waals surface area contributed by atoms with E-state index in [1.165, 1.54) is 11.3 Å². The second-order valence-electron chi connectivity index (χ2n) is 6.14. The summed E-state index contributed by atoms with van der Waals surface area (Å²) in [6.07, 6.45) is 4.48. The minimum absolute atomic E-state index is 0.0720. The number of rotatable bonds is 8. The summed E-state index contributed by atoms with van der Waals surface area (Å²) in [5, 5.41) is 7.76. The Hall–Kier alpha value is -2.93. The molecule has 7 heteroatoms. The minimum atomic E-state index is -0.306. The van der Waals surface area contributed by atoms with Gasteiger partial charge in [-0.2, -0.15) is 0 Å². The van der Waals surface area contributed by atoms with E-state index in [9.17, 15) is 9.59 Å². The molecule has 0 aliphatic rings. The maximum Gasteiger partial charge on any atom is 0.261 e. The SMILES string of the molecule is Cn1ccnc1C(NC(=O)CCCNC(=O)c1cccs1)c1ccccc1.